The van der Waals surface area contributed by atoms with Crippen LogP contribution in [-0.2, 0) is 9.59 Å². The summed E-state index contributed by atoms with van der Waals surface area (Å²) < 4.78 is 16.1. The summed E-state index contributed by atoms with van der Waals surface area (Å²) in [5.41, 5.74) is 1.08. The summed E-state index contributed by atoms with van der Waals surface area (Å²) in [6.45, 7) is 0. The molecule has 3 aromatic rings. The van der Waals surface area contributed by atoms with Crippen molar-refractivity contribution in [1.82, 2.24) is 4.98 Å². The Bertz CT molecular complexity index is 1240. The number of para-hydroxylation sites is 2. The van der Waals surface area contributed by atoms with Gasteiger partial charge in [-0.05, 0) is 42.0 Å². The number of aliphatic hydroxyl groups is 1. The minimum absolute atomic E-state index is 0.0922. The lowest BCUT2D eigenvalue weighted by molar-refractivity contribution is -0.132. The number of carbonyl (C=O) groups is 2. The van der Waals surface area contributed by atoms with E-state index in [1.54, 1.807) is 67.0 Å². The number of benzene rings is 2. The van der Waals surface area contributed by atoms with Gasteiger partial charge >= 0.3 is 0 Å². The van der Waals surface area contributed by atoms with Crippen LogP contribution in [0, 0.1) is 0 Å². The lowest BCUT2D eigenvalue weighted by Crippen LogP contribution is -2.29. The molecule has 8 nitrogen and oxygen atoms in total. The molecule has 0 radical (unpaired) electrons. The predicted octanol–water partition coefficient (Wildman–Crippen LogP) is 3.73. The maximum atomic E-state index is 13.3. The molecule has 1 N–H and O–H groups in total. The first-order valence-corrected chi connectivity index (χ1v) is 10.1. The molecule has 1 atom stereocenters. The number of hydrogen-bond acceptors (Lipinski definition) is 7. The fraction of sp³-hybridized carbons (Fsp3) is 0.160. The second kappa shape index (κ2) is 9.04. The highest BCUT2D eigenvalue weighted by Crippen LogP contribution is 2.45. The Hall–Kier alpha value is -4.33. The Kier molecular flexibility index (Phi) is 5.99. The van der Waals surface area contributed by atoms with E-state index in [0.29, 0.717) is 28.5 Å². The molecule has 1 aliphatic rings. The van der Waals surface area contributed by atoms with E-state index in [9.17, 15) is 14.7 Å². The van der Waals surface area contributed by atoms with Gasteiger partial charge in [-0.15, -0.1) is 0 Å². The largest absolute Gasteiger partial charge is 0.507 e. The van der Waals surface area contributed by atoms with E-state index < -0.39 is 17.7 Å². The summed E-state index contributed by atoms with van der Waals surface area (Å²) in [6, 6.07) is 14.2. The fourth-order valence-corrected chi connectivity index (χ4v) is 3.91. The Morgan fingerprint density at radius 3 is 2.36 bits per heavy atom. The summed E-state index contributed by atoms with van der Waals surface area (Å²) >= 11 is 0. The number of nitrogens with zero attached hydrogens (tertiary/aromatic N) is 2. The average molecular weight is 446 g/mol. The van der Waals surface area contributed by atoms with Crippen LogP contribution < -0.4 is 19.1 Å². The maximum absolute atomic E-state index is 13.3. The van der Waals surface area contributed by atoms with E-state index in [1.165, 1.54) is 26.2 Å². The lowest BCUT2D eigenvalue weighted by Gasteiger charge is -2.26. The number of aromatic nitrogens is 1. The smallest absolute Gasteiger partial charge is 0.300 e. The van der Waals surface area contributed by atoms with Gasteiger partial charge in [-0.25, -0.2) is 0 Å². The molecule has 1 amide bonds. The number of carbonyl (C=O) groups excluding carboxylic acids is 2. The van der Waals surface area contributed by atoms with E-state index in [4.69, 9.17) is 14.2 Å². The molecule has 1 fully saturated rings. The van der Waals surface area contributed by atoms with Crippen molar-refractivity contribution in [3.63, 3.8) is 0 Å². The quantitative estimate of drug-likeness (QED) is 0.350. The number of ketones is 1. The van der Waals surface area contributed by atoms with Crippen LogP contribution in [0.15, 0.2) is 72.6 Å². The average Bonchev–Trinajstić information content (AvgIpc) is 3.13. The van der Waals surface area contributed by atoms with Gasteiger partial charge in [-0.2, -0.15) is 0 Å². The molecular formula is C25H22N2O6. The van der Waals surface area contributed by atoms with Crippen molar-refractivity contribution in [3.05, 3.63) is 83.7 Å². The van der Waals surface area contributed by atoms with Gasteiger partial charge in [0.1, 0.15) is 23.0 Å². The van der Waals surface area contributed by atoms with Crippen LogP contribution in [-0.4, -0.2) is 43.1 Å². The van der Waals surface area contributed by atoms with Crippen LogP contribution in [0.3, 0.4) is 0 Å². The number of hydrogen-bond donors (Lipinski definition) is 1. The zero-order valence-electron chi connectivity index (χ0n) is 18.3. The molecule has 2 heterocycles. The van der Waals surface area contributed by atoms with Crippen molar-refractivity contribution < 1.29 is 28.9 Å². The van der Waals surface area contributed by atoms with Crippen molar-refractivity contribution in [1.29, 1.82) is 0 Å². The minimum Gasteiger partial charge on any atom is -0.507 e. The fourth-order valence-electron chi connectivity index (χ4n) is 3.91. The highest BCUT2D eigenvalue weighted by molar-refractivity contribution is 6.52. The van der Waals surface area contributed by atoms with Crippen LogP contribution in [0.1, 0.15) is 17.2 Å². The van der Waals surface area contributed by atoms with E-state index in [-0.39, 0.29) is 16.9 Å². The number of rotatable bonds is 6. The van der Waals surface area contributed by atoms with Gasteiger partial charge in [-0.1, -0.05) is 18.2 Å². The SMILES string of the molecule is COc1ccc(OC)c(/C(O)=C2\C(=O)C(=O)N(c3ccccc3OC)C2c2cccnc2)c1. The summed E-state index contributed by atoms with van der Waals surface area (Å²) in [6.07, 6.45) is 3.14. The van der Waals surface area contributed by atoms with E-state index in [0.717, 1.165) is 0 Å². The zero-order chi connectivity index (χ0) is 23.5. The molecule has 1 aromatic heterocycles. The van der Waals surface area contributed by atoms with Gasteiger partial charge in [0.2, 0.25) is 0 Å². The number of Topliss-reactive ketones (excluding diaryl/α,β-unsaturated/α-hetero) is 1. The summed E-state index contributed by atoms with van der Waals surface area (Å²) in [5, 5.41) is 11.4. The van der Waals surface area contributed by atoms with Gasteiger partial charge in [0, 0.05) is 12.4 Å². The Balaban J connectivity index is 2.00. The maximum Gasteiger partial charge on any atom is 0.300 e. The molecule has 1 saturated heterocycles. The number of pyridine rings is 1. The number of aliphatic hydroxyl groups excluding tert-OH is 1. The molecule has 33 heavy (non-hydrogen) atoms. The van der Waals surface area contributed by atoms with Gasteiger partial charge in [-0.3, -0.25) is 19.5 Å². The molecule has 2 aromatic carbocycles. The normalized spacial score (nSPS) is 17.2. The highest BCUT2D eigenvalue weighted by Gasteiger charge is 2.48. The first-order chi connectivity index (χ1) is 16.0. The summed E-state index contributed by atoms with van der Waals surface area (Å²) in [7, 11) is 4.42. The van der Waals surface area contributed by atoms with Crippen LogP contribution in [0.4, 0.5) is 5.69 Å². The van der Waals surface area contributed by atoms with Crippen LogP contribution in [0.5, 0.6) is 17.2 Å². The summed E-state index contributed by atoms with van der Waals surface area (Å²) in [5.74, 6) is -0.826. The van der Waals surface area contributed by atoms with Gasteiger partial charge < -0.3 is 19.3 Å². The third-order valence-corrected chi connectivity index (χ3v) is 5.45. The molecule has 168 valence electrons. The Labute approximate surface area is 190 Å². The highest BCUT2D eigenvalue weighted by atomic mass is 16.5. The van der Waals surface area contributed by atoms with Crippen molar-refractivity contribution in [3.8, 4) is 17.2 Å². The number of ether oxygens (including phenoxy) is 3. The Morgan fingerprint density at radius 2 is 1.70 bits per heavy atom. The predicted molar refractivity (Wildman–Crippen MR) is 122 cm³/mol. The standard InChI is InChI=1S/C25H22N2O6/c1-31-16-10-11-19(32-2)17(13-16)23(28)21-22(15-7-6-12-26-14-15)27(25(30)24(21)29)18-8-4-5-9-20(18)33-3/h4-14,22,28H,1-3H3/b23-21+. The lowest BCUT2D eigenvalue weighted by atomic mass is 9.95. The molecule has 0 bridgehead atoms. The van der Waals surface area contributed by atoms with Crippen LogP contribution in [0.2, 0.25) is 0 Å². The third kappa shape index (κ3) is 3.76. The molecule has 8 heteroatoms. The van der Waals surface area contributed by atoms with Crippen molar-refractivity contribution in [2.24, 2.45) is 0 Å². The molecular weight excluding hydrogens is 424 g/mol. The Morgan fingerprint density at radius 1 is 0.939 bits per heavy atom. The molecule has 4 rings (SSSR count). The van der Waals surface area contributed by atoms with Gasteiger partial charge in [0.25, 0.3) is 11.7 Å². The van der Waals surface area contributed by atoms with Crippen molar-refractivity contribution >= 4 is 23.1 Å². The summed E-state index contributed by atoms with van der Waals surface area (Å²) in [4.78, 5) is 32.0. The second-order valence-electron chi connectivity index (χ2n) is 7.19. The van der Waals surface area contributed by atoms with Crippen LogP contribution in [0.25, 0.3) is 5.76 Å². The minimum atomic E-state index is -0.939. The van der Waals surface area contributed by atoms with Gasteiger partial charge in [0.05, 0.1) is 44.2 Å². The van der Waals surface area contributed by atoms with Gasteiger partial charge in [0.15, 0.2) is 0 Å². The van der Waals surface area contributed by atoms with E-state index in [1.807, 2.05) is 0 Å². The number of methoxy groups -OCH3 is 3. The van der Waals surface area contributed by atoms with Crippen molar-refractivity contribution in [2.75, 3.05) is 26.2 Å². The topological polar surface area (TPSA) is 98.2 Å². The molecule has 0 spiro atoms. The molecule has 1 unspecified atom stereocenters. The third-order valence-electron chi connectivity index (χ3n) is 5.45. The van der Waals surface area contributed by atoms with E-state index >= 15 is 0 Å². The molecule has 0 saturated carbocycles. The first-order valence-electron chi connectivity index (χ1n) is 10.1. The molecule has 1 aliphatic heterocycles. The second-order valence-corrected chi connectivity index (χ2v) is 7.19. The van der Waals surface area contributed by atoms with Crippen LogP contribution >= 0.6 is 0 Å². The first kappa shape index (κ1) is 21.9. The number of anilines is 1. The molecule has 0 aliphatic carbocycles. The number of amides is 1. The van der Waals surface area contributed by atoms with Crippen molar-refractivity contribution in [2.45, 2.75) is 6.04 Å². The van der Waals surface area contributed by atoms with E-state index in [2.05, 4.69) is 4.98 Å². The zero-order valence-corrected chi connectivity index (χ0v) is 18.3. The monoisotopic (exact) mass is 446 g/mol.